The number of amides is 1. The second-order valence-corrected chi connectivity index (χ2v) is 7.63. The summed E-state index contributed by atoms with van der Waals surface area (Å²) in [6.07, 6.45) is 6.02. The Labute approximate surface area is 177 Å². The fourth-order valence-corrected chi connectivity index (χ4v) is 3.38. The minimum absolute atomic E-state index is 0.173. The lowest BCUT2D eigenvalue weighted by atomic mass is 10.1. The van der Waals surface area contributed by atoms with E-state index in [1.54, 1.807) is 23.3 Å². The first-order valence-electron chi connectivity index (χ1n) is 9.20. The average Bonchev–Trinajstić information content (AvgIpc) is 3.12. The number of benzene rings is 2. The van der Waals surface area contributed by atoms with Crippen molar-refractivity contribution < 1.29 is 4.79 Å². The lowest BCUT2D eigenvalue weighted by molar-refractivity contribution is 0.102. The Hall–Kier alpha value is -3.25. The van der Waals surface area contributed by atoms with Gasteiger partial charge in [-0.15, -0.1) is 0 Å². The molecule has 1 amide bonds. The number of rotatable bonds is 5. The summed E-state index contributed by atoms with van der Waals surface area (Å²) in [5.41, 5.74) is 5.38. The van der Waals surface area contributed by atoms with Crippen LogP contribution < -0.4 is 5.32 Å². The number of hydrogen-bond acceptors (Lipinski definition) is 3. The highest BCUT2D eigenvalue weighted by atomic mass is 79.9. The van der Waals surface area contributed by atoms with Gasteiger partial charge in [0.05, 0.1) is 23.1 Å². The van der Waals surface area contributed by atoms with Crippen LogP contribution in [0.2, 0.25) is 0 Å². The molecule has 0 aliphatic rings. The monoisotopic (exact) mass is 446 g/mol. The van der Waals surface area contributed by atoms with E-state index in [2.05, 4.69) is 31.3 Å². The third-order valence-corrected chi connectivity index (χ3v) is 5.22. The number of carbonyl (C=O) groups is 1. The fraction of sp³-hybridized carbons (Fsp3) is 0.0870. The molecule has 2 aromatic heterocycles. The van der Waals surface area contributed by atoms with E-state index in [0.29, 0.717) is 5.56 Å². The topological polar surface area (TPSA) is 59.8 Å². The molecule has 1 N–H and O–H groups in total. The number of halogens is 1. The summed E-state index contributed by atoms with van der Waals surface area (Å²) in [4.78, 5) is 16.8. The van der Waals surface area contributed by atoms with Gasteiger partial charge < -0.3 is 5.32 Å². The van der Waals surface area contributed by atoms with Crippen molar-refractivity contribution in [2.24, 2.45) is 0 Å². The average molecular weight is 447 g/mol. The summed E-state index contributed by atoms with van der Waals surface area (Å²) < 4.78 is 2.76. The van der Waals surface area contributed by atoms with Crippen molar-refractivity contribution in [1.82, 2.24) is 14.8 Å². The van der Waals surface area contributed by atoms with Gasteiger partial charge in [0, 0.05) is 22.6 Å². The molecule has 4 aromatic rings. The quantitative estimate of drug-likeness (QED) is 0.459. The number of nitrogens with zero attached hydrogens (tertiary/aromatic N) is 3. The van der Waals surface area contributed by atoms with E-state index in [0.717, 1.165) is 28.0 Å². The molecule has 2 aromatic carbocycles. The molecule has 2 heterocycles. The third kappa shape index (κ3) is 4.43. The zero-order valence-electron chi connectivity index (χ0n) is 15.8. The van der Waals surface area contributed by atoms with E-state index < -0.39 is 0 Å². The van der Waals surface area contributed by atoms with Gasteiger partial charge in [0.15, 0.2) is 0 Å². The summed E-state index contributed by atoms with van der Waals surface area (Å²) in [6, 6.07) is 19.7. The molecule has 0 saturated heterocycles. The minimum atomic E-state index is -0.173. The van der Waals surface area contributed by atoms with Crippen LogP contribution in [0.15, 0.2) is 83.7 Å². The van der Waals surface area contributed by atoms with Gasteiger partial charge in [0.25, 0.3) is 5.91 Å². The summed E-state index contributed by atoms with van der Waals surface area (Å²) in [7, 11) is 0. The molecule has 0 atom stereocenters. The van der Waals surface area contributed by atoms with Crippen molar-refractivity contribution >= 4 is 27.5 Å². The third-order valence-electron chi connectivity index (χ3n) is 4.70. The second-order valence-electron chi connectivity index (χ2n) is 6.72. The SMILES string of the molecule is Cc1c(C(=O)Nc2ccc(Cc3ccncc3)cc2)cnn1-c1ccc(Br)cc1. The molecule has 29 heavy (non-hydrogen) atoms. The molecule has 0 radical (unpaired) electrons. The Balaban J connectivity index is 1.46. The van der Waals surface area contributed by atoms with Gasteiger partial charge >= 0.3 is 0 Å². The Morgan fingerprint density at radius 1 is 0.966 bits per heavy atom. The first-order valence-corrected chi connectivity index (χ1v) is 9.99. The van der Waals surface area contributed by atoms with Crippen LogP contribution in [0, 0.1) is 6.92 Å². The maximum atomic E-state index is 12.7. The van der Waals surface area contributed by atoms with Gasteiger partial charge in [-0.25, -0.2) is 4.68 Å². The highest BCUT2D eigenvalue weighted by molar-refractivity contribution is 9.10. The lowest BCUT2D eigenvalue weighted by Gasteiger charge is -2.08. The highest BCUT2D eigenvalue weighted by Crippen LogP contribution is 2.19. The zero-order chi connectivity index (χ0) is 20.2. The van der Waals surface area contributed by atoms with Crippen molar-refractivity contribution in [3.05, 3.63) is 106 Å². The molecule has 0 saturated carbocycles. The number of carbonyl (C=O) groups excluding carboxylic acids is 1. The Bertz CT molecular complexity index is 1120. The normalized spacial score (nSPS) is 10.7. The molecular weight excluding hydrogens is 428 g/mol. The van der Waals surface area contributed by atoms with Crippen molar-refractivity contribution in [2.75, 3.05) is 5.32 Å². The predicted molar refractivity (Wildman–Crippen MR) is 117 cm³/mol. The van der Waals surface area contributed by atoms with Gasteiger partial charge in [0.1, 0.15) is 0 Å². The van der Waals surface area contributed by atoms with Crippen LogP contribution in [0.1, 0.15) is 27.2 Å². The zero-order valence-corrected chi connectivity index (χ0v) is 17.4. The van der Waals surface area contributed by atoms with E-state index >= 15 is 0 Å². The molecular formula is C23H19BrN4O. The van der Waals surface area contributed by atoms with Gasteiger partial charge in [-0.1, -0.05) is 28.1 Å². The van der Waals surface area contributed by atoms with Crippen LogP contribution in [0.4, 0.5) is 5.69 Å². The van der Waals surface area contributed by atoms with Crippen molar-refractivity contribution in [3.8, 4) is 5.69 Å². The summed E-state index contributed by atoms with van der Waals surface area (Å²) >= 11 is 3.43. The number of aromatic nitrogens is 3. The van der Waals surface area contributed by atoms with Crippen LogP contribution in [0.25, 0.3) is 5.69 Å². The van der Waals surface area contributed by atoms with Crippen molar-refractivity contribution in [2.45, 2.75) is 13.3 Å². The Morgan fingerprint density at radius 3 is 2.31 bits per heavy atom. The summed E-state index contributed by atoms with van der Waals surface area (Å²) in [5.74, 6) is -0.173. The molecule has 0 aliphatic heterocycles. The maximum Gasteiger partial charge on any atom is 0.259 e. The van der Waals surface area contributed by atoms with E-state index in [-0.39, 0.29) is 5.91 Å². The van der Waals surface area contributed by atoms with Gasteiger partial charge in [-0.3, -0.25) is 9.78 Å². The molecule has 144 valence electrons. The Morgan fingerprint density at radius 2 is 1.62 bits per heavy atom. The van der Waals surface area contributed by atoms with Crippen LogP contribution in [-0.4, -0.2) is 20.7 Å². The highest BCUT2D eigenvalue weighted by Gasteiger charge is 2.15. The summed E-state index contributed by atoms with van der Waals surface area (Å²) in [5, 5.41) is 7.33. The number of hydrogen-bond donors (Lipinski definition) is 1. The molecule has 0 unspecified atom stereocenters. The molecule has 5 nitrogen and oxygen atoms in total. The molecule has 0 bridgehead atoms. The van der Waals surface area contributed by atoms with Crippen LogP contribution in [0.3, 0.4) is 0 Å². The molecule has 0 aliphatic carbocycles. The molecule has 6 heteroatoms. The first kappa shape index (κ1) is 19.1. The van der Waals surface area contributed by atoms with Gasteiger partial charge in [0.2, 0.25) is 0 Å². The maximum absolute atomic E-state index is 12.7. The predicted octanol–water partition coefficient (Wildman–Crippen LogP) is 5.18. The van der Waals surface area contributed by atoms with E-state index in [1.807, 2.05) is 67.6 Å². The van der Waals surface area contributed by atoms with Crippen LogP contribution >= 0.6 is 15.9 Å². The van der Waals surface area contributed by atoms with Crippen LogP contribution in [0.5, 0.6) is 0 Å². The lowest BCUT2D eigenvalue weighted by Crippen LogP contribution is -2.13. The van der Waals surface area contributed by atoms with E-state index in [1.165, 1.54) is 11.1 Å². The summed E-state index contributed by atoms with van der Waals surface area (Å²) in [6.45, 7) is 1.89. The van der Waals surface area contributed by atoms with Gasteiger partial charge in [-0.05, 0) is 73.0 Å². The van der Waals surface area contributed by atoms with Crippen molar-refractivity contribution in [3.63, 3.8) is 0 Å². The first-order chi connectivity index (χ1) is 14.1. The second kappa shape index (κ2) is 8.41. The number of anilines is 1. The van der Waals surface area contributed by atoms with E-state index in [4.69, 9.17) is 0 Å². The van der Waals surface area contributed by atoms with Crippen LogP contribution in [-0.2, 0) is 6.42 Å². The fourth-order valence-electron chi connectivity index (χ4n) is 3.12. The Kier molecular flexibility index (Phi) is 5.53. The number of pyridine rings is 1. The largest absolute Gasteiger partial charge is 0.322 e. The molecule has 0 spiro atoms. The van der Waals surface area contributed by atoms with Crippen molar-refractivity contribution in [1.29, 1.82) is 0 Å². The van der Waals surface area contributed by atoms with Gasteiger partial charge in [-0.2, -0.15) is 5.10 Å². The van der Waals surface area contributed by atoms with E-state index in [9.17, 15) is 4.79 Å². The molecule has 4 rings (SSSR count). The minimum Gasteiger partial charge on any atom is -0.322 e. The molecule has 0 fully saturated rings. The number of nitrogens with one attached hydrogen (secondary N) is 1. The standard InChI is InChI=1S/C23H19BrN4O/c1-16-22(15-26-28(16)21-8-4-19(24)5-9-21)23(29)27-20-6-2-17(3-7-20)14-18-10-12-25-13-11-18/h2-13,15H,14H2,1H3,(H,27,29). The smallest absolute Gasteiger partial charge is 0.259 e.